The molecule has 0 aromatic carbocycles. The molecule has 1 aliphatic rings. The molecule has 5 nitrogen and oxygen atoms in total. The van der Waals surface area contributed by atoms with E-state index in [-0.39, 0.29) is 5.84 Å². The zero-order valence-corrected chi connectivity index (χ0v) is 12.0. The first-order chi connectivity index (χ1) is 10.1. The summed E-state index contributed by atoms with van der Waals surface area (Å²) in [5, 5.41) is 7.76. The Morgan fingerprint density at radius 3 is 2.90 bits per heavy atom. The van der Waals surface area contributed by atoms with E-state index >= 15 is 0 Å². The lowest BCUT2D eigenvalue weighted by Crippen LogP contribution is -2.16. The van der Waals surface area contributed by atoms with Crippen molar-refractivity contribution in [2.75, 3.05) is 0 Å². The van der Waals surface area contributed by atoms with Crippen molar-refractivity contribution in [1.29, 1.82) is 5.41 Å². The monoisotopic (exact) mass is 282 g/mol. The van der Waals surface area contributed by atoms with Gasteiger partial charge in [0.25, 0.3) is 0 Å². The van der Waals surface area contributed by atoms with Crippen LogP contribution in [0.25, 0.3) is 0 Å². The summed E-state index contributed by atoms with van der Waals surface area (Å²) >= 11 is 0. The molecule has 21 heavy (non-hydrogen) atoms. The molecule has 2 aromatic heterocycles. The molecule has 0 radical (unpaired) electrons. The lowest BCUT2D eigenvalue weighted by atomic mass is 9.95. The number of aryl methyl sites for hydroxylation is 3. The number of nitrogens with zero attached hydrogens (tertiary/aromatic N) is 2. The Morgan fingerprint density at radius 2 is 2.14 bits per heavy atom. The van der Waals surface area contributed by atoms with E-state index in [2.05, 4.69) is 9.97 Å². The number of hydrogen-bond donors (Lipinski definition) is 2. The van der Waals surface area contributed by atoms with Crippen molar-refractivity contribution in [3.05, 3.63) is 46.9 Å². The Kier molecular flexibility index (Phi) is 3.56. The molecule has 0 saturated carbocycles. The Morgan fingerprint density at radius 1 is 1.33 bits per heavy atom. The van der Waals surface area contributed by atoms with E-state index in [1.54, 1.807) is 6.20 Å². The number of rotatable bonds is 3. The quantitative estimate of drug-likeness (QED) is 0.669. The fourth-order valence-corrected chi connectivity index (χ4v) is 2.57. The molecule has 0 unspecified atom stereocenters. The number of fused-ring (bicyclic) bond motifs is 1. The summed E-state index contributed by atoms with van der Waals surface area (Å²) in [5.74, 6) is 1.02. The number of ether oxygens (including phenoxy) is 1. The molecule has 0 aliphatic heterocycles. The van der Waals surface area contributed by atoms with Gasteiger partial charge in [-0.3, -0.25) is 10.4 Å². The number of amidine groups is 1. The van der Waals surface area contributed by atoms with Gasteiger partial charge in [-0.25, -0.2) is 4.98 Å². The maximum absolute atomic E-state index is 7.76. The highest BCUT2D eigenvalue weighted by molar-refractivity contribution is 5.97. The molecule has 0 saturated heterocycles. The molecular weight excluding hydrogens is 264 g/mol. The van der Waals surface area contributed by atoms with E-state index in [9.17, 15) is 0 Å². The maximum Gasteiger partial charge on any atom is 0.230 e. The fourth-order valence-electron chi connectivity index (χ4n) is 2.57. The van der Waals surface area contributed by atoms with Crippen LogP contribution in [0.15, 0.2) is 24.4 Å². The first kappa shape index (κ1) is 13.5. The van der Waals surface area contributed by atoms with Gasteiger partial charge in [0, 0.05) is 11.9 Å². The first-order valence-electron chi connectivity index (χ1n) is 7.12. The van der Waals surface area contributed by atoms with Crippen molar-refractivity contribution >= 4 is 5.84 Å². The first-order valence-corrected chi connectivity index (χ1v) is 7.12. The number of hydrogen-bond acceptors (Lipinski definition) is 4. The Labute approximate surface area is 123 Å². The van der Waals surface area contributed by atoms with Crippen molar-refractivity contribution in [1.82, 2.24) is 9.97 Å². The van der Waals surface area contributed by atoms with E-state index in [0.717, 1.165) is 37.1 Å². The van der Waals surface area contributed by atoms with Crippen LogP contribution in [0.4, 0.5) is 0 Å². The number of nitrogens with one attached hydrogen (secondary N) is 1. The number of aromatic nitrogens is 2. The normalized spacial score (nSPS) is 13.6. The Balaban J connectivity index is 2.04. The van der Waals surface area contributed by atoms with Crippen molar-refractivity contribution in [3.8, 4) is 11.6 Å². The molecule has 2 heterocycles. The Bertz CT molecular complexity index is 697. The van der Waals surface area contributed by atoms with Gasteiger partial charge < -0.3 is 10.5 Å². The molecule has 0 amide bonds. The summed E-state index contributed by atoms with van der Waals surface area (Å²) in [6.07, 6.45) is 5.97. The maximum atomic E-state index is 7.76. The predicted molar refractivity (Wildman–Crippen MR) is 80.9 cm³/mol. The largest absolute Gasteiger partial charge is 0.436 e. The van der Waals surface area contributed by atoms with Crippen molar-refractivity contribution in [2.24, 2.45) is 5.73 Å². The topological polar surface area (TPSA) is 84.9 Å². The van der Waals surface area contributed by atoms with Crippen LogP contribution in [0.1, 0.15) is 35.4 Å². The van der Waals surface area contributed by atoms with Crippen LogP contribution in [-0.4, -0.2) is 15.8 Å². The van der Waals surface area contributed by atoms with E-state index in [4.69, 9.17) is 15.9 Å². The molecule has 0 bridgehead atoms. The highest BCUT2D eigenvalue weighted by Gasteiger charge is 2.18. The number of nitrogens with two attached hydrogens (primary N) is 1. The van der Waals surface area contributed by atoms with Crippen LogP contribution in [0.2, 0.25) is 0 Å². The van der Waals surface area contributed by atoms with Crippen LogP contribution < -0.4 is 10.5 Å². The smallest absolute Gasteiger partial charge is 0.230 e. The predicted octanol–water partition coefficient (Wildman–Crippen LogP) is 2.74. The second-order valence-electron chi connectivity index (χ2n) is 5.26. The molecule has 0 fully saturated rings. The van der Waals surface area contributed by atoms with Crippen molar-refractivity contribution < 1.29 is 4.74 Å². The minimum absolute atomic E-state index is 0.0209. The van der Waals surface area contributed by atoms with Gasteiger partial charge in [0.1, 0.15) is 5.84 Å². The summed E-state index contributed by atoms with van der Waals surface area (Å²) in [6, 6.07) is 5.60. The molecule has 0 atom stereocenters. The highest BCUT2D eigenvalue weighted by atomic mass is 16.5. The van der Waals surface area contributed by atoms with Crippen LogP contribution in [0.5, 0.6) is 11.6 Å². The zero-order chi connectivity index (χ0) is 14.8. The van der Waals surface area contributed by atoms with Gasteiger partial charge in [-0.2, -0.15) is 0 Å². The van der Waals surface area contributed by atoms with Crippen molar-refractivity contribution in [2.45, 2.75) is 32.6 Å². The van der Waals surface area contributed by atoms with Crippen LogP contribution in [0.3, 0.4) is 0 Å². The average Bonchev–Trinajstić information content (AvgIpc) is 2.48. The highest BCUT2D eigenvalue weighted by Crippen LogP contribution is 2.29. The molecule has 108 valence electrons. The van der Waals surface area contributed by atoms with Crippen molar-refractivity contribution in [3.63, 3.8) is 0 Å². The third-order valence-electron chi connectivity index (χ3n) is 3.72. The van der Waals surface area contributed by atoms with Crippen LogP contribution in [0, 0.1) is 12.3 Å². The molecular formula is C16H18N4O. The second-order valence-corrected chi connectivity index (χ2v) is 5.26. The summed E-state index contributed by atoms with van der Waals surface area (Å²) < 4.78 is 5.87. The van der Waals surface area contributed by atoms with Gasteiger partial charge in [-0.15, -0.1) is 0 Å². The lowest BCUT2D eigenvalue weighted by Gasteiger charge is -2.18. The van der Waals surface area contributed by atoms with Gasteiger partial charge in [-0.1, -0.05) is 0 Å². The number of pyridine rings is 2. The summed E-state index contributed by atoms with van der Waals surface area (Å²) in [4.78, 5) is 8.80. The Hall–Kier alpha value is -2.43. The molecule has 2 aromatic rings. The zero-order valence-electron chi connectivity index (χ0n) is 12.0. The van der Waals surface area contributed by atoms with E-state index in [0.29, 0.717) is 17.2 Å². The minimum Gasteiger partial charge on any atom is -0.436 e. The number of nitrogen functional groups attached to an aromatic ring is 1. The molecule has 1 aliphatic carbocycles. The average molecular weight is 282 g/mol. The SMILES string of the molecule is Cc1ncccc1Oc1nc2c(cc1C(=N)N)CCCC2. The standard InChI is InChI=1S/C16H18N4O/c1-10-14(7-4-8-19-10)21-16-12(15(17)18)9-11-5-2-3-6-13(11)20-16/h4,7-9H,2-3,5-6H2,1H3,(H3,17,18). The third-order valence-corrected chi connectivity index (χ3v) is 3.72. The lowest BCUT2D eigenvalue weighted by molar-refractivity contribution is 0.450. The van der Waals surface area contributed by atoms with Crippen LogP contribution >= 0.6 is 0 Å². The summed E-state index contributed by atoms with van der Waals surface area (Å²) in [7, 11) is 0. The second kappa shape index (κ2) is 5.52. The summed E-state index contributed by atoms with van der Waals surface area (Å²) in [6.45, 7) is 1.88. The molecule has 3 rings (SSSR count). The fraction of sp³-hybridized carbons (Fsp3) is 0.312. The van der Waals surface area contributed by atoms with Gasteiger partial charge >= 0.3 is 0 Å². The molecule has 0 spiro atoms. The van der Waals surface area contributed by atoms with E-state index < -0.39 is 0 Å². The van der Waals surface area contributed by atoms with E-state index in [1.807, 2.05) is 25.1 Å². The third kappa shape index (κ3) is 2.72. The minimum atomic E-state index is -0.0209. The van der Waals surface area contributed by atoms with Crippen LogP contribution in [-0.2, 0) is 12.8 Å². The molecule has 5 heteroatoms. The van der Waals surface area contributed by atoms with Gasteiger partial charge in [0.15, 0.2) is 5.75 Å². The van der Waals surface area contributed by atoms with Gasteiger partial charge in [0.05, 0.1) is 11.3 Å². The summed E-state index contributed by atoms with van der Waals surface area (Å²) in [5.41, 5.74) is 9.27. The van der Waals surface area contributed by atoms with Gasteiger partial charge in [-0.05, 0) is 56.4 Å². The van der Waals surface area contributed by atoms with E-state index in [1.165, 1.54) is 5.56 Å². The van der Waals surface area contributed by atoms with Gasteiger partial charge in [0.2, 0.25) is 5.88 Å². The molecule has 3 N–H and O–H groups in total.